The molecule has 1 saturated heterocycles. The van der Waals surface area contributed by atoms with E-state index in [0.717, 1.165) is 18.7 Å². The van der Waals surface area contributed by atoms with Gasteiger partial charge in [0, 0.05) is 12.0 Å². The maximum atomic E-state index is 11.4. The fraction of sp³-hybridized carbons (Fsp3) is 0.400. The Morgan fingerprint density at radius 3 is 2.56 bits per heavy atom. The monoisotopic (exact) mass is 243 g/mol. The number of nitrogens with one attached hydrogen (secondary N) is 1. The van der Waals surface area contributed by atoms with E-state index >= 15 is 0 Å². The number of hydrogen-bond acceptors (Lipinski definition) is 2. The molecular weight excluding hydrogens is 226 g/mol. The van der Waals surface area contributed by atoms with Crippen LogP contribution in [0.3, 0.4) is 0 Å². The van der Waals surface area contributed by atoms with Crippen molar-refractivity contribution < 1.29 is 9.90 Å². The molecule has 0 radical (unpaired) electrons. The lowest BCUT2D eigenvalue weighted by Gasteiger charge is -2.31. The van der Waals surface area contributed by atoms with Gasteiger partial charge >= 0.3 is 5.97 Å². The maximum Gasteiger partial charge on any atom is 0.310 e. The second-order valence-electron chi connectivity index (χ2n) is 4.68. The molecule has 1 aromatic rings. The normalized spacial score (nSPS) is 17.6. The van der Waals surface area contributed by atoms with Crippen LogP contribution >= 0.6 is 0 Å². The van der Waals surface area contributed by atoms with Gasteiger partial charge in [-0.15, -0.1) is 0 Å². The van der Waals surface area contributed by atoms with Gasteiger partial charge in [-0.25, -0.2) is 0 Å². The number of benzene rings is 1. The van der Waals surface area contributed by atoms with Gasteiger partial charge in [-0.2, -0.15) is 0 Å². The molecule has 3 nitrogen and oxygen atoms in total. The van der Waals surface area contributed by atoms with Crippen LogP contribution in [-0.4, -0.2) is 24.2 Å². The van der Waals surface area contributed by atoms with Crippen molar-refractivity contribution in [3.05, 3.63) is 35.9 Å². The molecule has 1 aliphatic rings. The summed E-state index contributed by atoms with van der Waals surface area (Å²) in [6.07, 6.45) is 1.75. The smallest absolute Gasteiger partial charge is 0.310 e. The molecule has 0 bridgehead atoms. The first-order valence-electron chi connectivity index (χ1n) is 6.21. The van der Waals surface area contributed by atoms with Gasteiger partial charge in [-0.3, -0.25) is 4.79 Å². The summed E-state index contributed by atoms with van der Waals surface area (Å²) in [7, 11) is 0. The molecule has 2 N–H and O–H groups in total. The molecule has 0 saturated carbocycles. The zero-order valence-corrected chi connectivity index (χ0v) is 10.3. The first-order chi connectivity index (χ1) is 8.73. The molecule has 18 heavy (non-hydrogen) atoms. The van der Waals surface area contributed by atoms with Gasteiger partial charge in [-0.1, -0.05) is 30.0 Å². The van der Waals surface area contributed by atoms with Crippen LogP contribution < -0.4 is 5.32 Å². The minimum absolute atomic E-state index is 0.429. The van der Waals surface area contributed by atoms with E-state index in [9.17, 15) is 9.90 Å². The summed E-state index contributed by atoms with van der Waals surface area (Å²) in [4.78, 5) is 11.4. The summed E-state index contributed by atoms with van der Waals surface area (Å²) >= 11 is 0. The molecule has 1 fully saturated rings. The SMILES string of the molecule is O=C(O)C1(CC#Cc2ccccc2)CCNCC1. The van der Waals surface area contributed by atoms with Crippen molar-refractivity contribution in [2.75, 3.05) is 13.1 Å². The predicted octanol–water partition coefficient (Wildman–Crippen LogP) is 1.88. The Balaban J connectivity index is 2.07. The quantitative estimate of drug-likeness (QED) is 0.780. The molecule has 1 heterocycles. The molecule has 0 atom stereocenters. The van der Waals surface area contributed by atoms with Crippen molar-refractivity contribution >= 4 is 5.97 Å². The zero-order valence-electron chi connectivity index (χ0n) is 10.3. The number of hydrogen-bond donors (Lipinski definition) is 2. The Kier molecular flexibility index (Phi) is 4.01. The average Bonchev–Trinajstić information content (AvgIpc) is 2.41. The Hall–Kier alpha value is -1.79. The molecule has 0 amide bonds. The maximum absolute atomic E-state index is 11.4. The summed E-state index contributed by atoms with van der Waals surface area (Å²) in [5, 5.41) is 12.6. The van der Waals surface area contributed by atoms with Gasteiger partial charge in [0.15, 0.2) is 0 Å². The Bertz CT molecular complexity index is 464. The average molecular weight is 243 g/mol. The first kappa shape index (κ1) is 12.7. The summed E-state index contributed by atoms with van der Waals surface area (Å²) in [6.45, 7) is 1.53. The van der Waals surface area contributed by atoms with Crippen molar-refractivity contribution in [3.63, 3.8) is 0 Å². The fourth-order valence-electron chi connectivity index (χ4n) is 2.21. The van der Waals surface area contributed by atoms with Gasteiger partial charge in [0.25, 0.3) is 0 Å². The molecule has 1 aromatic carbocycles. The van der Waals surface area contributed by atoms with Crippen molar-refractivity contribution in [1.29, 1.82) is 0 Å². The number of aliphatic carboxylic acids is 1. The summed E-state index contributed by atoms with van der Waals surface area (Å²) in [6, 6.07) is 9.67. The lowest BCUT2D eigenvalue weighted by atomic mass is 9.76. The van der Waals surface area contributed by atoms with Gasteiger partial charge in [0.1, 0.15) is 0 Å². The van der Waals surface area contributed by atoms with E-state index in [1.54, 1.807) is 0 Å². The van der Waals surface area contributed by atoms with E-state index in [1.807, 2.05) is 30.3 Å². The molecule has 1 aliphatic heterocycles. The number of carboxylic acids is 1. The molecule has 3 heteroatoms. The number of carbonyl (C=O) groups is 1. The van der Waals surface area contributed by atoms with E-state index in [1.165, 1.54) is 0 Å². The lowest BCUT2D eigenvalue weighted by Crippen LogP contribution is -2.41. The highest BCUT2D eigenvalue weighted by Crippen LogP contribution is 2.32. The molecule has 0 unspecified atom stereocenters. The minimum Gasteiger partial charge on any atom is -0.481 e. The summed E-state index contributed by atoms with van der Waals surface area (Å²) in [5.74, 6) is 5.36. The van der Waals surface area contributed by atoms with Crippen LogP contribution in [0, 0.1) is 17.3 Å². The summed E-state index contributed by atoms with van der Waals surface area (Å²) < 4.78 is 0. The second-order valence-corrected chi connectivity index (χ2v) is 4.68. The Morgan fingerprint density at radius 2 is 1.94 bits per heavy atom. The van der Waals surface area contributed by atoms with Gasteiger partial charge in [0.05, 0.1) is 5.41 Å². The standard InChI is InChI=1S/C15H17NO2/c17-14(18)15(9-11-16-12-10-15)8-4-7-13-5-2-1-3-6-13/h1-3,5-6,16H,8-12H2,(H,17,18). The highest BCUT2D eigenvalue weighted by Gasteiger charge is 2.38. The van der Waals surface area contributed by atoms with E-state index in [-0.39, 0.29) is 0 Å². The highest BCUT2D eigenvalue weighted by atomic mass is 16.4. The van der Waals surface area contributed by atoms with Crippen molar-refractivity contribution in [3.8, 4) is 11.8 Å². The molecule has 0 spiro atoms. The van der Waals surface area contributed by atoms with Crippen molar-refractivity contribution in [2.45, 2.75) is 19.3 Å². The van der Waals surface area contributed by atoms with E-state index < -0.39 is 11.4 Å². The largest absolute Gasteiger partial charge is 0.481 e. The van der Waals surface area contributed by atoms with Crippen LogP contribution in [-0.2, 0) is 4.79 Å². The molecule has 0 aromatic heterocycles. The molecule has 0 aliphatic carbocycles. The van der Waals surface area contributed by atoms with E-state index in [0.29, 0.717) is 19.3 Å². The third kappa shape index (κ3) is 2.91. The zero-order chi connectivity index (χ0) is 12.8. The number of carboxylic acid groups (broad SMARTS) is 1. The highest BCUT2D eigenvalue weighted by molar-refractivity contribution is 5.75. The number of piperidine rings is 1. The molecule has 2 rings (SSSR count). The predicted molar refractivity (Wildman–Crippen MR) is 70.1 cm³/mol. The van der Waals surface area contributed by atoms with Gasteiger partial charge in [-0.05, 0) is 38.1 Å². The number of rotatable bonds is 2. The first-order valence-corrected chi connectivity index (χ1v) is 6.21. The van der Waals surface area contributed by atoms with Crippen LogP contribution in [0.25, 0.3) is 0 Å². The van der Waals surface area contributed by atoms with Gasteiger partial charge < -0.3 is 10.4 Å². The Morgan fingerprint density at radius 1 is 1.28 bits per heavy atom. The molecule has 94 valence electrons. The third-order valence-electron chi connectivity index (χ3n) is 3.45. The minimum atomic E-state index is -0.716. The van der Waals surface area contributed by atoms with Crippen LogP contribution in [0.15, 0.2) is 30.3 Å². The van der Waals surface area contributed by atoms with Crippen LogP contribution in [0.5, 0.6) is 0 Å². The Labute approximate surface area is 107 Å². The van der Waals surface area contributed by atoms with Crippen LogP contribution in [0.4, 0.5) is 0 Å². The lowest BCUT2D eigenvalue weighted by molar-refractivity contribution is -0.150. The van der Waals surface area contributed by atoms with Crippen molar-refractivity contribution in [2.24, 2.45) is 5.41 Å². The van der Waals surface area contributed by atoms with Crippen LogP contribution in [0.2, 0.25) is 0 Å². The topological polar surface area (TPSA) is 49.3 Å². The third-order valence-corrected chi connectivity index (χ3v) is 3.45. The second kappa shape index (κ2) is 5.70. The van der Waals surface area contributed by atoms with E-state index in [2.05, 4.69) is 17.2 Å². The summed E-state index contributed by atoms with van der Waals surface area (Å²) in [5.41, 5.74) is 0.277. The molecular formula is C15H17NO2. The fourth-order valence-corrected chi connectivity index (χ4v) is 2.21. The van der Waals surface area contributed by atoms with Crippen LogP contribution in [0.1, 0.15) is 24.8 Å². The van der Waals surface area contributed by atoms with E-state index in [4.69, 9.17) is 0 Å². The van der Waals surface area contributed by atoms with Gasteiger partial charge in [0.2, 0.25) is 0 Å². The van der Waals surface area contributed by atoms with Crippen molar-refractivity contribution in [1.82, 2.24) is 5.32 Å².